The molecule has 2 aromatic heterocycles. The highest BCUT2D eigenvalue weighted by Gasteiger charge is 2.17. The highest BCUT2D eigenvalue weighted by atomic mass is 16.3. The van der Waals surface area contributed by atoms with E-state index in [9.17, 15) is 5.11 Å². The molecular formula is C19H17N5O. The molecule has 0 bridgehead atoms. The molecule has 0 radical (unpaired) electrons. The molecule has 25 heavy (non-hydrogen) atoms. The molecule has 0 fully saturated rings. The van der Waals surface area contributed by atoms with Crippen LogP contribution in [0.25, 0.3) is 5.69 Å². The Morgan fingerprint density at radius 2 is 1.76 bits per heavy atom. The number of hydrogen-bond donors (Lipinski definition) is 1. The first-order chi connectivity index (χ1) is 12.3. The molecule has 0 aliphatic carbocycles. The van der Waals surface area contributed by atoms with E-state index in [1.54, 1.807) is 17.2 Å². The Bertz CT molecular complexity index is 930. The molecule has 124 valence electrons. The van der Waals surface area contributed by atoms with E-state index in [1.165, 1.54) is 0 Å². The second-order valence-electron chi connectivity index (χ2n) is 5.75. The van der Waals surface area contributed by atoms with Gasteiger partial charge in [-0.15, -0.1) is 10.2 Å². The van der Waals surface area contributed by atoms with Crippen molar-refractivity contribution < 1.29 is 5.11 Å². The van der Waals surface area contributed by atoms with E-state index in [2.05, 4.69) is 15.3 Å². The Morgan fingerprint density at radius 1 is 0.960 bits per heavy atom. The summed E-state index contributed by atoms with van der Waals surface area (Å²) >= 11 is 0. The maximum atomic E-state index is 10.7. The van der Waals surface area contributed by atoms with E-state index in [-0.39, 0.29) is 0 Å². The Morgan fingerprint density at radius 3 is 2.48 bits per heavy atom. The molecule has 4 rings (SSSR count). The fraction of sp³-hybridized carbons (Fsp3) is 0.105. The predicted octanol–water partition coefficient (Wildman–Crippen LogP) is 2.59. The average Bonchev–Trinajstić information content (AvgIpc) is 3.34. The van der Waals surface area contributed by atoms with Gasteiger partial charge in [-0.25, -0.2) is 4.68 Å². The Labute approximate surface area is 145 Å². The molecule has 1 atom stereocenters. The van der Waals surface area contributed by atoms with E-state index in [0.717, 1.165) is 16.8 Å². The van der Waals surface area contributed by atoms with Crippen LogP contribution in [-0.4, -0.2) is 29.7 Å². The van der Waals surface area contributed by atoms with Crippen molar-refractivity contribution in [2.24, 2.45) is 0 Å². The van der Waals surface area contributed by atoms with Gasteiger partial charge in [0.25, 0.3) is 0 Å². The van der Waals surface area contributed by atoms with Crippen molar-refractivity contribution in [2.75, 3.05) is 0 Å². The van der Waals surface area contributed by atoms with Gasteiger partial charge in [0.15, 0.2) is 5.82 Å². The van der Waals surface area contributed by atoms with Gasteiger partial charge in [0, 0.05) is 12.4 Å². The van der Waals surface area contributed by atoms with E-state index in [4.69, 9.17) is 0 Å². The SMILES string of the molecule is O[C@@H](c1ccc(-n2cccn2)cc1)c1nncn1Cc1ccccc1. The largest absolute Gasteiger partial charge is 0.380 e. The number of aliphatic hydroxyl groups is 1. The minimum atomic E-state index is -0.835. The quantitative estimate of drug-likeness (QED) is 0.610. The summed E-state index contributed by atoms with van der Waals surface area (Å²) < 4.78 is 3.63. The van der Waals surface area contributed by atoms with Gasteiger partial charge in [0.2, 0.25) is 0 Å². The number of aromatic nitrogens is 5. The summed E-state index contributed by atoms with van der Waals surface area (Å²) in [6, 6.07) is 19.5. The molecule has 0 saturated heterocycles. The van der Waals surface area contributed by atoms with Crippen molar-refractivity contribution in [3.05, 3.63) is 96.3 Å². The molecule has 1 N–H and O–H groups in total. The summed E-state index contributed by atoms with van der Waals surface area (Å²) in [7, 11) is 0. The first-order valence-corrected chi connectivity index (χ1v) is 8.01. The van der Waals surface area contributed by atoms with Gasteiger partial charge in [-0.2, -0.15) is 5.10 Å². The molecule has 6 nitrogen and oxygen atoms in total. The summed E-state index contributed by atoms with van der Waals surface area (Å²) in [5.74, 6) is 0.524. The zero-order valence-corrected chi connectivity index (χ0v) is 13.5. The summed E-state index contributed by atoms with van der Waals surface area (Å²) in [5.41, 5.74) is 2.83. The summed E-state index contributed by atoms with van der Waals surface area (Å²) in [5, 5.41) is 23.0. The lowest BCUT2D eigenvalue weighted by molar-refractivity contribution is 0.204. The standard InChI is InChI=1S/C19H17N5O/c25-18(16-7-9-17(10-8-16)24-12-4-11-21-24)19-22-20-14-23(19)13-15-5-2-1-3-6-15/h1-12,14,18,25H,13H2/t18-/m0/s1. The van der Waals surface area contributed by atoms with Crippen molar-refractivity contribution in [3.63, 3.8) is 0 Å². The summed E-state index contributed by atoms with van der Waals surface area (Å²) in [4.78, 5) is 0. The summed E-state index contributed by atoms with van der Waals surface area (Å²) in [6.45, 7) is 0.617. The van der Waals surface area contributed by atoms with Crippen LogP contribution in [0.5, 0.6) is 0 Å². The lowest BCUT2D eigenvalue weighted by Crippen LogP contribution is -2.10. The third-order valence-electron chi connectivity index (χ3n) is 4.06. The van der Waals surface area contributed by atoms with Gasteiger partial charge in [-0.1, -0.05) is 42.5 Å². The highest BCUT2D eigenvalue weighted by Crippen LogP contribution is 2.22. The van der Waals surface area contributed by atoms with Crippen LogP contribution in [0, 0.1) is 0 Å². The number of nitrogens with zero attached hydrogens (tertiary/aromatic N) is 5. The van der Waals surface area contributed by atoms with Crippen molar-refractivity contribution in [1.29, 1.82) is 0 Å². The van der Waals surface area contributed by atoms with Crippen LogP contribution in [0.2, 0.25) is 0 Å². The third kappa shape index (κ3) is 3.20. The topological polar surface area (TPSA) is 68.8 Å². The Kier molecular flexibility index (Phi) is 4.10. The second kappa shape index (κ2) is 6.70. The van der Waals surface area contributed by atoms with E-state index in [1.807, 2.05) is 71.4 Å². The smallest absolute Gasteiger partial charge is 0.166 e. The van der Waals surface area contributed by atoms with E-state index < -0.39 is 6.10 Å². The molecule has 0 aliphatic rings. The van der Waals surface area contributed by atoms with Crippen LogP contribution in [0.3, 0.4) is 0 Å². The van der Waals surface area contributed by atoms with Crippen LogP contribution < -0.4 is 0 Å². The maximum absolute atomic E-state index is 10.7. The van der Waals surface area contributed by atoms with Gasteiger partial charge in [-0.3, -0.25) is 0 Å². The average molecular weight is 331 g/mol. The lowest BCUT2D eigenvalue weighted by atomic mass is 10.1. The van der Waals surface area contributed by atoms with Gasteiger partial charge in [0.05, 0.1) is 12.2 Å². The molecule has 0 aliphatic heterocycles. The number of benzene rings is 2. The Balaban J connectivity index is 1.57. The molecule has 2 aromatic carbocycles. The highest BCUT2D eigenvalue weighted by molar-refractivity contribution is 5.36. The molecule has 0 unspecified atom stereocenters. The normalized spacial score (nSPS) is 12.2. The van der Waals surface area contributed by atoms with Crippen LogP contribution in [0.15, 0.2) is 79.4 Å². The third-order valence-corrected chi connectivity index (χ3v) is 4.06. The van der Waals surface area contributed by atoms with Crippen LogP contribution >= 0.6 is 0 Å². The van der Waals surface area contributed by atoms with Crippen molar-refractivity contribution in [1.82, 2.24) is 24.5 Å². The fourth-order valence-electron chi connectivity index (χ4n) is 2.76. The van der Waals surface area contributed by atoms with Gasteiger partial charge in [0.1, 0.15) is 12.4 Å². The summed E-state index contributed by atoms with van der Waals surface area (Å²) in [6.07, 6.45) is 4.42. The van der Waals surface area contributed by atoms with Gasteiger partial charge >= 0.3 is 0 Å². The molecule has 2 heterocycles. The molecule has 0 amide bonds. The first kappa shape index (κ1) is 15.3. The molecule has 0 saturated carbocycles. The molecule has 4 aromatic rings. The monoisotopic (exact) mass is 331 g/mol. The first-order valence-electron chi connectivity index (χ1n) is 8.01. The van der Waals surface area contributed by atoms with Crippen molar-refractivity contribution in [2.45, 2.75) is 12.6 Å². The second-order valence-corrected chi connectivity index (χ2v) is 5.75. The van der Waals surface area contributed by atoms with Crippen LogP contribution in [0.4, 0.5) is 0 Å². The number of hydrogen-bond acceptors (Lipinski definition) is 4. The lowest BCUT2D eigenvalue weighted by Gasteiger charge is -2.13. The van der Waals surface area contributed by atoms with Crippen molar-refractivity contribution in [3.8, 4) is 5.69 Å². The Hall–Kier alpha value is -3.25. The van der Waals surface area contributed by atoms with Crippen LogP contribution in [-0.2, 0) is 6.54 Å². The number of aliphatic hydroxyl groups excluding tert-OH is 1. The minimum absolute atomic E-state index is 0.524. The molecular weight excluding hydrogens is 314 g/mol. The number of rotatable bonds is 5. The van der Waals surface area contributed by atoms with Gasteiger partial charge in [-0.05, 0) is 29.3 Å². The fourth-order valence-corrected chi connectivity index (χ4v) is 2.76. The molecule has 6 heteroatoms. The zero-order chi connectivity index (χ0) is 17.1. The van der Waals surface area contributed by atoms with Gasteiger partial charge < -0.3 is 9.67 Å². The van der Waals surface area contributed by atoms with Crippen LogP contribution in [0.1, 0.15) is 23.1 Å². The minimum Gasteiger partial charge on any atom is -0.380 e. The zero-order valence-electron chi connectivity index (χ0n) is 13.5. The predicted molar refractivity (Wildman–Crippen MR) is 93.2 cm³/mol. The molecule has 0 spiro atoms. The van der Waals surface area contributed by atoms with Crippen molar-refractivity contribution >= 4 is 0 Å². The van der Waals surface area contributed by atoms with E-state index >= 15 is 0 Å². The maximum Gasteiger partial charge on any atom is 0.166 e. The van der Waals surface area contributed by atoms with E-state index in [0.29, 0.717) is 12.4 Å².